The normalized spacial score (nSPS) is 25.0. The van der Waals surface area contributed by atoms with Gasteiger partial charge in [-0.2, -0.15) is 0 Å². The number of anilines is 2. The summed E-state index contributed by atoms with van der Waals surface area (Å²) in [5.74, 6) is -1.78. The molecule has 4 fully saturated rings. The summed E-state index contributed by atoms with van der Waals surface area (Å²) in [6.07, 6.45) is 2.83. The number of carbonyl (C=O) groups is 2. The Morgan fingerprint density at radius 3 is 2.18 bits per heavy atom. The second-order valence-corrected chi connectivity index (χ2v) is 13.1. The van der Waals surface area contributed by atoms with Gasteiger partial charge in [0.15, 0.2) is 6.73 Å². The number of carbonyl (C=O) groups excluding carboxylic acids is 1. The molecule has 4 atom stereocenters. The highest BCUT2D eigenvalue weighted by molar-refractivity contribution is 6.40. The molecule has 5 aliphatic rings. The third-order valence-corrected chi connectivity index (χ3v) is 10.3. The number of nitrogens with zero attached hydrogens (tertiary/aromatic N) is 3. The van der Waals surface area contributed by atoms with Gasteiger partial charge in [0, 0.05) is 22.4 Å². The van der Waals surface area contributed by atoms with Crippen LogP contribution in [0.15, 0.2) is 42.5 Å². The van der Waals surface area contributed by atoms with Crippen LogP contribution in [0.2, 0.25) is 10.0 Å². The predicted octanol–water partition coefficient (Wildman–Crippen LogP) is 5.84. The first-order chi connectivity index (χ1) is 21.8. The smallest absolute Gasteiger partial charge is 0.337 e. The number of hydrogen-bond acceptors (Lipinski definition) is 7. The zero-order valence-electron chi connectivity index (χ0n) is 24.2. The second-order valence-electron chi connectivity index (χ2n) is 12.3. The van der Waals surface area contributed by atoms with Gasteiger partial charge in [0.1, 0.15) is 11.6 Å². The first-order valence-electron chi connectivity index (χ1n) is 15.1. The lowest BCUT2D eigenvalue weighted by atomic mass is 9.90. The fourth-order valence-corrected chi connectivity index (χ4v) is 8.26. The lowest BCUT2D eigenvalue weighted by molar-refractivity contribution is 0.0103. The third kappa shape index (κ3) is 4.72. The van der Waals surface area contributed by atoms with Crippen LogP contribution in [0.5, 0.6) is 5.75 Å². The number of fused-ring (bicyclic) bond motifs is 5. The van der Waals surface area contributed by atoms with E-state index in [4.69, 9.17) is 37.4 Å². The number of halogens is 3. The maximum absolute atomic E-state index is 15.7. The van der Waals surface area contributed by atoms with E-state index in [9.17, 15) is 14.7 Å². The Labute approximate surface area is 269 Å². The van der Waals surface area contributed by atoms with Crippen molar-refractivity contribution in [3.63, 3.8) is 0 Å². The van der Waals surface area contributed by atoms with Gasteiger partial charge in [0.05, 0.1) is 84.0 Å². The summed E-state index contributed by atoms with van der Waals surface area (Å²) >= 11 is 13.3. The Kier molecular flexibility index (Phi) is 7.09. The van der Waals surface area contributed by atoms with Gasteiger partial charge in [0.25, 0.3) is 5.91 Å². The molecule has 1 amide bonds. The molecule has 4 bridgehead atoms. The molecule has 12 heteroatoms. The largest absolute Gasteiger partial charge is 0.478 e. The van der Waals surface area contributed by atoms with Crippen LogP contribution in [0.1, 0.15) is 45.5 Å². The molecule has 234 valence electrons. The molecule has 3 aromatic rings. The number of benzene rings is 3. The highest BCUT2D eigenvalue weighted by Crippen LogP contribution is 2.44. The molecule has 0 aliphatic carbocycles. The molecule has 4 saturated heterocycles. The van der Waals surface area contributed by atoms with Gasteiger partial charge in [-0.1, -0.05) is 41.4 Å². The lowest BCUT2D eigenvalue weighted by Gasteiger charge is -2.54. The zero-order valence-corrected chi connectivity index (χ0v) is 25.7. The molecule has 1 N–H and O–H groups in total. The number of morpholine rings is 2. The number of para-hydroxylation sites is 1. The second kappa shape index (κ2) is 11.0. The average Bonchev–Trinajstić information content (AvgIpc) is 3.27. The Bertz CT molecular complexity index is 1690. The minimum absolute atomic E-state index is 0.0351. The van der Waals surface area contributed by atoms with Gasteiger partial charge in [-0.05, 0) is 43.5 Å². The topological polar surface area (TPSA) is 91.8 Å². The molecule has 0 saturated carbocycles. The van der Waals surface area contributed by atoms with E-state index in [-0.39, 0.29) is 70.1 Å². The molecular weight excluding hydrogens is 624 g/mol. The van der Waals surface area contributed by atoms with E-state index in [1.165, 1.54) is 4.90 Å². The van der Waals surface area contributed by atoms with Crippen LogP contribution in [-0.4, -0.2) is 79.2 Å². The maximum atomic E-state index is 15.7. The van der Waals surface area contributed by atoms with Gasteiger partial charge in [-0.25, -0.2) is 9.18 Å². The summed E-state index contributed by atoms with van der Waals surface area (Å²) in [5.41, 5.74) is 2.87. The number of aromatic carboxylic acids is 1. The van der Waals surface area contributed by atoms with Crippen molar-refractivity contribution in [3.05, 3.63) is 75.0 Å². The number of amides is 1. The van der Waals surface area contributed by atoms with Gasteiger partial charge in [-0.3, -0.25) is 4.79 Å². The summed E-state index contributed by atoms with van der Waals surface area (Å²) in [6, 6.07) is 12.2. The molecule has 45 heavy (non-hydrogen) atoms. The summed E-state index contributed by atoms with van der Waals surface area (Å²) in [5, 5.41) is 10.5. The fraction of sp³-hybridized carbons (Fsp3) is 0.394. The van der Waals surface area contributed by atoms with E-state index in [2.05, 4.69) is 9.80 Å². The molecule has 4 unspecified atom stereocenters. The number of ether oxygens (including phenoxy) is 3. The SMILES string of the molecule is O=C(O)c1cc(F)c(-c2cccc3c2OCN(C(=O)c2c(Cl)cc(N4C5COCC4C5)cc2Cl)C3)cc1N1C2CCC1COC2. The van der Waals surface area contributed by atoms with Crippen LogP contribution in [0.4, 0.5) is 15.8 Å². The maximum Gasteiger partial charge on any atom is 0.337 e. The Balaban J connectivity index is 1.09. The summed E-state index contributed by atoms with van der Waals surface area (Å²) < 4.78 is 33.1. The van der Waals surface area contributed by atoms with E-state index in [1.54, 1.807) is 30.3 Å². The van der Waals surface area contributed by atoms with Crippen LogP contribution < -0.4 is 14.5 Å². The van der Waals surface area contributed by atoms with Gasteiger partial charge >= 0.3 is 5.97 Å². The summed E-state index contributed by atoms with van der Waals surface area (Å²) in [4.78, 5) is 31.7. The lowest BCUT2D eigenvalue weighted by Crippen LogP contribution is -2.64. The van der Waals surface area contributed by atoms with Gasteiger partial charge in [0.2, 0.25) is 0 Å². The summed E-state index contributed by atoms with van der Waals surface area (Å²) in [7, 11) is 0. The number of hydrogen-bond donors (Lipinski definition) is 1. The van der Waals surface area contributed by atoms with Crippen LogP contribution in [0.3, 0.4) is 0 Å². The van der Waals surface area contributed by atoms with Crippen molar-refractivity contribution in [1.82, 2.24) is 4.90 Å². The Morgan fingerprint density at radius 1 is 0.867 bits per heavy atom. The molecule has 3 aromatic carbocycles. The molecular formula is C33H30Cl2FN3O6. The van der Waals surface area contributed by atoms with Crippen molar-refractivity contribution < 1.29 is 33.3 Å². The molecule has 0 radical (unpaired) electrons. The van der Waals surface area contributed by atoms with Crippen molar-refractivity contribution in [1.29, 1.82) is 0 Å². The minimum atomic E-state index is -1.19. The molecule has 5 aliphatic heterocycles. The molecule has 9 nitrogen and oxygen atoms in total. The fourth-order valence-electron chi connectivity index (χ4n) is 7.62. The van der Waals surface area contributed by atoms with Crippen molar-refractivity contribution in [2.24, 2.45) is 0 Å². The zero-order chi connectivity index (χ0) is 31.0. The van der Waals surface area contributed by atoms with Crippen molar-refractivity contribution in [3.8, 4) is 16.9 Å². The third-order valence-electron chi connectivity index (χ3n) is 9.72. The molecule has 0 aromatic heterocycles. The standard InChI is InChI=1S/C33H30Cl2FN3O6/c34-26-7-20(38-21-6-22(38)15-44-14-21)8-27(35)30(26)32(40)37-11-17-2-1-3-23(31(17)45-16-37)24-10-29(25(33(41)42)9-28(24)36)39-18-4-5-19(39)13-43-12-18/h1-3,7-10,18-19,21-22H,4-6,11-16H2,(H,41,42). The van der Waals surface area contributed by atoms with E-state index >= 15 is 4.39 Å². The van der Waals surface area contributed by atoms with Crippen LogP contribution in [-0.2, 0) is 16.0 Å². The highest BCUT2D eigenvalue weighted by Gasteiger charge is 2.43. The van der Waals surface area contributed by atoms with Crippen LogP contribution in [0, 0.1) is 5.82 Å². The van der Waals surface area contributed by atoms with Crippen LogP contribution in [0.25, 0.3) is 11.1 Å². The van der Waals surface area contributed by atoms with Crippen molar-refractivity contribution >= 4 is 46.5 Å². The quantitative estimate of drug-likeness (QED) is 0.368. The molecule has 5 heterocycles. The predicted molar refractivity (Wildman–Crippen MR) is 166 cm³/mol. The first-order valence-corrected chi connectivity index (χ1v) is 15.9. The van der Waals surface area contributed by atoms with Gasteiger partial charge < -0.3 is 34.0 Å². The molecule has 0 spiro atoms. The van der Waals surface area contributed by atoms with E-state index < -0.39 is 11.8 Å². The van der Waals surface area contributed by atoms with E-state index in [0.717, 1.165) is 31.0 Å². The Morgan fingerprint density at radius 2 is 1.53 bits per heavy atom. The molecule has 8 rings (SSSR count). The number of carboxylic acid groups (broad SMARTS) is 1. The minimum Gasteiger partial charge on any atom is -0.478 e. The van der Waals surface area contributed by atoms with E-state index in [0.29, 0.717) is 49.0 Å². The highest BCUT2D eigenvalue weighted by atomic mass is 35.5. The number of carboxylic acids is 1. The van der Waals surface area contributed by atoms with Gasteiger partial charge in [-0.15, -0.1) is 0 Å². The first kappa shape index (κ1) is 28.9. The van der Waals surface area contributed by atoms with Crippen molar-refractivity contribution in [2.75, 3.05) is 43.0 Å². The van der Waals surface area contributed by atoms with Crippen molar-refractivity contribution in [2.45, 2.75) is 50.0 Å². The van der Waals surface area contributed by atoms with E-state index in [1.807, 2.05) is 6.07 Å². The Hall–Kier alpha value is -3.57. The van der Waals surface area contributed by atoms with Crippen LogP contribution >= 0.6 is 23.2 Å². The number of rotatable bonds is 5. The monoisotopic (exact) mass is 653 g/mol. The average molecular weight is 655 g/mol. The summed E-state index contributed by atoms with van der Waals surface area (Å²) in [6.45, 7) is 2.41.